The summed E-state index contributed by atoms with van der Waals surface area (Å²) in [6.07, 6.45) is 0. The van der Waals surface area contributed by atoms with Gasteiger partial charge in [0.2, 0.25) is 0 Å². The molecule has 0 radical (unpaired) electrons. The fourth-order valence-corrected chi connectivity index (χ4v) is 2.33. The van der Waals surface area contributed by atoms with Crippen molar-refractivity contribution in [2.45, 2.75) is 46.6 Å². The summed E-state index contributed by atoms with van der Waals surface area (Å²) in [5, 5.41) is 14.5. The lowest BCUT2D eigenvalue weighted by molar-refractivity contribution is 0.101. The van der Waals surface area contributed by atoms with E-state index in [2.05, 4.69) is 38.0 Å². The average Bonchev–Trinajstić information content (AvgIpc) is 2.75. The Bertz CT molecular complexity index is 661. The number of aromatic hydroxyl groups is 1. The highest BCUT2D eigenvalue weighted by Gasteiger charge is 2.21. The number of Topliss-reactive ketones (excluding diaryl/α,β-unsaturated/α-hetero) is 1. The number of hydrogen-bond donors (Lipinski definition) is 1. The molecule has 21 heavy (non-hydrogen) atoms. The van der Waals surface area contributed by atoms with Gasteiger partial charge in [-0.3, -0.25) is 9.48 Å². The second-order valence-corrected chi connectivity index (χ2v) is 6.25. The van der Waals surface area contributed by atoms with Crippen LogP contribution in [-0.2, 0) is 12.0 Å². The highest BCUT2D eigenvalue weighted by molar-refractivity contribution is 5.97. The first-order chi connectivity index (χ1) is 9.75. The number of benzene rings is 1. The topological polar surface area (TPSA) is 55.1 Å². The van der Waals surface area contributed by atoms with Crippen LogP contribution in [0.25, 0.3) is 11.3 Å². The number of ketones is 1. The molecule has 0 amide bonds. The van der Waals surface area contributed by atoms with Gasteiger partial charge in [0.25, 0.3) is 0 Å². The number of rotatable bonds is 3. The molecule has 2 rings (SSSR count). The molecule has 1 aromatic carbocycles. The van der Waals surface area contributed by atoms with Gasteiger partial charge >= 0.3 is 0 Å². The third-order valence-electron chi connectivity index (χ3n) is 3.58. The normalized spacial score (nSPS) is 11.7. The zero-order valence-electron chi connectivity index (χ0n) is 13.3. The van der Waals surface area contributed by atoms with Crippen molar-refractivity contribution in [1.82, 2.24) is 9.78 Å². The molecule has 0 aliphatic rings. The SMILES string of the molecule is CCn1nc(C(C)=O)c(O)c1-c1ccc(C(C)(C)C)cc1. The lowest BCUT2D eigenvalue weighted by Crippen LogP contribution is -2.10. The molecule has 0 saturated heterocycles. The van der Waals surface area contributed by atoms with Crippen LogP contribution in [0.2, 0.25) is 0 Å². The number of carbonyl (C=O) groups excluding carboxylic acids is 1. The standard InChI is InChI=1S/C17H22N2O2/c1-6-19-15(16(21)14(18-19)11(2)20)12-7-9-13(10-8-12)17(3,4)5/h7-10,21H,6H2,1-5H3. The molecule has 0 fully saturated rings. The van der Waals surface area contributed by atoms with Crippen LogP contribution >= 0.6 is 0 Å². The Morgan fingerprint density at radius 2 is 1.81 bits per heavy atom. The molecule has 0 aliphatic heterocycles. The maximum absolute atomic E-state index is 11.5. The van der Waals surface area contributed by atoms with Gasteiger partial charge < -0.3 is 5.11 Å². The largest absolute Gasteiger partial charge is 0.504 e. The summed E-state index contributed by atoms with van der Waals surface area (Å²) in [5.74, 6) is -0.264. The van der Waals surface area contributed by atoms with Crippen molar-refractivity contribution in [3.63, 3.8) is 0 Å². The molecule has 1 N–H and O–H groups in total. The molecule has 0 spiro atoms. The van der Waals surface area contributed by atoms with Gasteiger partial charge in [-0.05, 0) is 17.9 Å². The fourth-order valence-electron chi connectivity index (χ4n) is 2.33. The van der Waals surface area contributed by atoms with E-state index < -0.39 is 0 Å². The molecule has 0 atom stereocenters. The molecule has 0 aliphatic carbocycles. The predicted molar refractivity (Wildman–Crippen MR) is 83.7 cm³/mol. The summed E-state index contributed by atoms with van der Waals surface area (Å²) in [4.78, 5) is 11.5. The monoisotopic (exact) mass is 286 g/mol. The molecule has 1 aromatic heterocycles. The Morgan fingerprint density at radius 1 is 1.24 bits per heavy atom. The quantitative estimate of drug-likeness (QED) is 0.874. The van der Waals surface area contributed by atoms with Gasteiger partial charge in [-0.25, -0.2) is 0 Å². The van der Waals surface area contributed by atoms with E-state index in [0.717, 1.165) is 5.56 Å². The van der Waals surface area contributed by atoms with E-state index in [1.54, 1.807) is 4.68 Å². The van der Waals surface area contributed by atoms with E-state index in [1.165, 1.54) is 12.5 Å². The summed E-state index contributed by atoms with van der Waals surface area (Å²) in [6.45, 7) is 10.4. The smallest absolute Gasteiger partial charge is 0.183 e. The van der Waals surface area contributed by atoms with E-state index >= 15 is 0 Å². The van der Waals surface area contributed by atoms with Gasteiger partial charge in [0.05, 0.1) is 0 Å². The Balaban J connectivity index is 2.54. The zero-order chi connectivity index (χ0) is 15.8. The van der Waals surface area contributed by atoms with Crippen LogP contribution < -0.4 is 0 Å². The van der Waals surface area contributed by atoms with Crippen LogP contribution in [0.4, 0.5) is 0 Å². The second-order valence-electron chi connectivity index (χ2n) is 6.25. The van der Waals surface area contributed by atoms with E-state index in [-0.39, 0.29) is 22.6 Å². The number of aromatic nitrogens is 2. The Hall–Kier alpha value is -2.10. The van der Waals surface area contributed by atoms with Crippen LogP contribution in [0.15, 0.2) is 24.3 Å². The summed E-state index contributed by atoms with van der Waals surface area (Å²) in [5.41, 5.74) is 2.90. The minimum atomic E-state index is -0.229. The Kier molecular flexibility index (Phi) is 3.90. The minimum Gasteiger partial charge on any atom is -0.504 e. The number of nitrogens with zero attached hydrogens (tertiary/aromatic N) is 2. The molecule has 4 heteroatoms. The van der Waals surface area contributed by atoms with Crippen molar-refractivity contribution in [3.8, 4) is 17.0 Å². The highest BCUT2D eigenvalue weighted by Crippen LogP contribution is 2.34. The van der Waals surface area contributed by atoms with Crippen LogP contribution in [-0.4, -0.2) is 20.7 Å². The van der Waals surface area contributed by atoms with Gasteiger partial charge in [-0.15, -0.1) is 0 Å². The van der Waals surface area contributed by atoms with Gasteiger partial charge in [0.1, 0.15) is 5.69 Å². The van der Waals surface area contributed by atoms with E-state index in [1.807, 2.05) is 19.1 Å². The number of carbonyl (C=O) groups is 1. The van der Waals surface area contributed by atoms with Crippen molar-refractivity contribution in [2.24, 2.45) is 0 Å². The third kappa shape index (κ3) is 2.84. The Labute approximate surface area is 125 Å². The first-order valence-electron chi connectivity index (χ1n) is 7.17. The maximum Gasteiger partial charge on any atom is 0.183 e. The van der Waals surface area contributed by atoms with Crippen molar-refractivity contribution in [2.75, 3.05) is 0 Å². The van der Waals surface area contributed by atoms with Gasteiger partial charge in [-0.1, -0.05) is 45.0 Å². The maximum atomic E-state index is 11.5. The minimum absolute atomic E-state index is 0.0344. The van der Waals surface area contributed by atoms with Crippen LogP contribution in [0.5, 0.6) is 5.75 Å². The lowest BCUT2D eigenvalue weighted by Gasteiger charge is -2.19. The molecule has 0 saturated carbocycles. The molecule has 4 nitrogen and oxygen atoms in total. The third-order valence-corrected chi connectivity index (χ3v) is 3.58. The van der Waals surface area contributed by atoms with E-state index in [0.29, 0.717) is 12.2 Å². The summed E-state index contributed by atoms with van der Waals surface area (Å²) in [7, 11) is 0. The molecule has 112 valence electrons. The van der Waals surface area contributed by atoms with Crippen molar-refractivity contribution < 1.29 is 9.90 Å². The molecular weight excluding hydrogens is 264 g/mol. The Morgan fingerprint density at radius 3 is 2.24 bits per heavy atom. The second kappa shape index (κ2) is 5.35. The average molecular weight is 286 g/mol. The summed E-state index contributed by atoms with van der Waals surface area (Å²) in [6, 6.07) is 8.03. The molecule has 2 aromatic rings. The number of aryl methyl sites for hydroxylation is 1. The highest BCUT2D eigenvalue weighted by atomic mass is 16.3. The van der Waals surface area contributed by atoms with Crippen LogP contribution in [0, 0.1) is 0 Å². The summed E-state index contributed by atoms with van der Waals surface area (Å²) < 4.78 is 1.66. The van der Waals surface area contributed by atoms with Crippen LogP contribution in [0.3, 0.4) is 0 Å². The fraction of sp³-hybridized carbons (Fsp3) is 0.412. The van der Waals surface area contributed by atoms with E-state index in [4.69, 9.17) is 0 Å². The van der Waals surface area contributed by atoms with Gasteiger partial charge in [-0.2, -0.15) is 5.10 Å². The van der Waals surface area contributed by atoms with Crippen molar-refractivity contribution in [3.05, 3.63) is 35.5 Å². The van der Waals surface area contributed by atoms with Gasteiger partial charge in [0.15, 0.2) is 17.2 Å². The summed E-state index contributed by atoms with van der Waals surface area (Å²) >= 11 is 0. The molecular formula is C17H22N2O2. The first kappa shape index (κ1) is 15.3. The molecule has 0 unspecified atom stereocenters. The molecule has 1 heterocycles. The lowest BCUT2D eigenvalue weighted by atomic mass is 9.86. The van der Waals surface area contributed by atoms with Crippen LogP contribution in [0.1, 0.15) is 50.7 Å². The zero-order valence-corrected chi connectivity index (χ0v) is 13.3. The van der Waals surface area contributed by atoms with Gasteiger partial charge in [0, 0.05) is 19.0 Å². The van der Waals surface area contributed by atoms with Crippen molar-refractivity contribution >= 4 is 5.78 Å². The molecule has 0 bridgehead atoms. The number of hydrogen-bond acceptors (Lipinski definition) is 3. The van der Waals surface area contributed by atoms with E-state index in [9.17, 15) is 9.90 Å². The van der Waals surface area contributed by atoms with Crippen molar-refractivity contribution in [1.29, 1.82) is 0 Å². The first-order valence-corrected chi connectivity index (χ1v) is 7.17. The predicted octanol–water partition coefficient (Wildman–Crippen LogP) is 3.78.